The number of halogens is 2. The Kier molecular flexibility index (Phi) is 3.74. The SMILES string of the molecule is Nc1ncc(F)cc1C(=O)Nc1cc([N+](=O)[O-])ccc1F. The summed E-state index contributed by atoms with van der Waals surface area (Å²) < 4.78 is 26.6. The summed E-state index contributed by atoms with van der Waals surface area (Å²) in [6.07, 6.45) is 0.820. The molecule has 1 amide bonds. The van der Waals surface area contributed by atoms with Crippen molar-refractivity contribution in [2.45, 2.75) is 0 Å². The van der Waals surface area contributed by atoms with Crippen molar-refractivity contribution in [1.82, 2.24) is 4.98 Å². The molecule has 21 heavy (non-hydrogen) atoms. The van der Waals surface area contributed by atoms with Crippen LogP contribution in [0.25, 0.3) is 0 Å². The number of nitro benzene ring substituents is 1. The number of carbonyl (C=O) groups excluding carboxylic acids is 1. The predicted molar refractivity (Wildman–Crippen MR) is 69.6 cm³/mol. The zero-order valence-corrected chi connectivity index (χ0v) is 10.3. The third-order valence-corrected chi connectivity index (χ3v) is 2.54. The minimum Gasteiger partial charge on any atom is -0.383 e. The molecule has 0 fully saturated rings. The van der Waals surface area contributed by atoms with E-state index in [0.29, 0.717) is 0 Å². The molecule has 0 aliphatic heterocycles. The first-order chi connectivity index (χ1) is 9.88. The predicted octanol–water partition coefficient (Wildman–Crippen LogP) is 2.10. The number of nitrogens with one attached hydrogen (secondary N) is 1. The monoisotopic (exact) mass is 294 g/mol. The smallest absolute Gasteiger partial charge is 0.271 e. The van der Waals surface area contributed by atoms with Gasteiger partial charge in [-0.2, -0.15) is 0 Å². The number of nitro groups is 1. The van der Waals surface area contributed by atoms with Crippen LogP contribution in [0.4, 0.5) is 26.0 Å². The topological polar surface area (TPSA) is 111 Å². The molecule has 2 rings (SSSR count). The fraction of sp³-hybridized carbons (Fsp3) is 0. The van der Waals surface area contributed by atoms with Crippen LogP contribution in [0.5, 0.6) is 0 Å². The normalized spacial score (nSPS) is 10.2. The van der Waals surface area contributed by atoms with E-state index in [4.69, 9.17) is 5.73 Å². The van der Waals surface area contributed by atoms with Crippen LogP contribution < -0.4 is 11.1 Å². The molecule has 7 nitrogen and oxygen atoms in total. The molecular weight excluding hydrogens is 286 g/mol. The third-order valence-electron chi connectivity index (χ3n) is 2.54. The molecule has 3 N–H and O–H groups in total. The number of pyridine rings is 1. The minimum absolute atomic E-state index is 0.250. The van der Waals surface area contributed by atoms with Crippen molar-refractivity contribution in [2.75, 3.05) is 11.1 Å². The second kappa shape index (κ2) is 5.49. The number of benzene rings is 1. The first-order valence-corrected chi connectivity index (χ1v) is 5.55. The van der Waals surface area contributed by atoms with Gasteiger partial charge in [-0.05, 0) is 12.1 Å². The Morgan fingerprint density at radius 2 is 2.05 bits per heavy atom. The molecule has 2 aromatic rings. The summed E-state index contributed by atoms with van der Waals surface area (Å²) in [5, 5.41) is 12.7. The molecule has 0 radical (unpaired) electrons. The molecule has 0 saturated carbocycles. The van der Waals surface area contributed by atoms with E-state index in [0.717, 1.165) is 30.5 Å². The maximum absolute atomic E-state index is 13.5. The summed E-state index contributed by atoms with van der Waals surface area (Å²) in [7, 11) is 0. The van der Waals surface area contributed by atoms with Gasteiger partial charge in [-0.1, -0.05) is 0 Å². The van der Waals surface area contributed by atoms with Gasteiger partial charge in [0.25, 0.3) is 11.6 Å². The Bertz CT molecular complexity index is 736. The number of aromatic nitrogens is 1. The quantitative estimate of drug-likeness (QED) is 0.665. The van der Waals surface area contributed by atoms with Crippen molar-refractivity contribution in [3.63, 3.8) is 0 Å². The minimum atomic E-state index is -0.932. The molecule has 0 spiro atoms. The van der Waals surface area contributed by atoms with Crippen LogP contribution in [0.3, 0.4) is 0 Å². The molecule has 1 aromatic carbocycles. The zero-order valence-electron chi connectivity index (χ0n) is 10.3. The molecule has 0 unspecified atom stereocenters. The van der Waals surface area contributed by atoms with Gasteiger partial charge < -0.3 is 11.1 Å². The molecule has 0 bridgehead atoms. The van der Waals surface area contributed by atoms with E-state index >= 15 is 0 Å². The number of non-ortho nitro benzene ring substituents is 1. The highest BCUT2D eigenvalue weighted by molar-refractivity contribution is 6.07. The van der Waals surface area contributed by atoms with Crippen molar-refractivity contribution in [1.29, 1.82) is 0 Å². The van der Waals surface area contributed by atoms with Crippen molar-refractivity contribution in [2.24, 2.45) is 0 Å². The summed E-state index contributed by atoms with van der Waals surface area (Å²) in [6.45, 7) is 0. The number of nitrogens with two attached hydrogens (primary N) is 1. The Morgan fingerprint density at radius 1 is 1.33 bits per heavy atom. The van der Waals surface area contributed by atoms with E-state index in [1.165, 1.54) is 0 Å². The number of hydrogen-bond acceptors (Lipinski definition) is 5. The molecular formula is C12H8F2N4O3. The Hall–Kier alpha value is -3.10. The van der Waals surface area contributed by atoms with Gasteiger partial charge >= 0.3 is 0 Å². The van der Waals surface area contributed by atoms with E-state index in [2.05, 4.69) is 10.3 Å². The average Bonchev–Trinajstić information content (AvgIpc) is 2.43. The van der Waals surface area contributed by atoms with Crippen LogP contribution in [0.2, 0.25) is 0 Å². The number of amides is 1. The van der Waals surface area contributed by atoms with Crippen LogP contribution in [0.1, 0.15) is 10.4 Å². The van der Waals surface area contributed by atoms with Crippen LogP contribution in [0, 0.1) is 21.7 Å². The Morgan fingerprint density at radius 3 is 2.71 bits per heavy atom. The van der Waals surface area contributed by atoms with Crippen molar-refractivity contribution in [3.8, 4) is 0 Å². The zero-order chi connectivity index (χ0) is 15.6. The number of anilines is 2. The molecule has 1 aromatic heterocycles. The highest BCUT2D eigenvalue weighted by Gasteiger charge is 2.16. The van der Waals surface area contributed by atoms with Crippen molar-refractivity contribution >= 4 is 23.1 Å². The molecule has 0 saturated heterocycles. The van der Waals surface area contributed by atoms with Crippen LogP contribution in [-0.4, -0.2) is 15.8 Å². The summed E-state index contributed by atoms with van der Waals surface area (Å²) in [4.78, 5) is 25.2. The maximum Gasteiger partial charge on any atom is 0.271 e. The van der Waals surface area contributed by atoms with Crippen LogP contribution >= 0.6 is 0 Å². The standard InChI is InChI=1S/C12H8F2N4O3/c13-6-3-8(11(15)16-5-6)12(19)17-10-4-7(18(20)21)1-2-9(10)14/h1-5H,(H2,15,16)(H,17,19). The number of nitrogens with zero attached hydrogens (tertiary/aromatic N) is 2. The fourth-order valence-corrected chi connectivity index (χ4v) is 1.54. The molecule has 0 aliphatic rings. The lowest BCUT2D eigenvalue weighted by Crippen LogP contribution is -2.16. The molecule has 0 atom stereocenters. The van der Waals surface area contributed by atoms with Gasteiger partial charge in [-0.25, -0.2) is 13.8 Å². The second-order valence-electron chi connectivity index (χ2n) is 3.96. The largest absolute Gasteiger partial charge is 0.383 e. The number of rotatable bonds is 3. The Balaban J connectivity index is 2.33. The third kappa shape index (κ3) is 3.08. The lowest BCUT2D eigenvalue weighted by atomic mass is 10.2. The van der Waals surface area contributed by atoms with Gasteiger partial charge in [0.1, 0.15) is 17.5 Å². The van der Waals surface area contributed by atoms with Gasteiger partial charge in [0.05, 0.1) is 22.4 Å². The fourth-order valence-electron chi connectivity index (χ4n) is 1.54. The summed E-state index contributed by atoms with van der Waals surface area (Å²) in [6, 6.07) is 3.45. The summed E-state index contributed by atoms with van der Waals surface area (Å²) in [5.74, 6) is -2.86. The highest BCUT2D eigenvalue weighted by Crippen LogP contribution is 2.22. The number of carbonyl (C=O) groups is 1. The molecule has 108 valence electrons. The van der Waals surface area contributed by atoms with Crippen LogP contribution in [-0.2, 0) is 0 Å². The van der Waals surface area contributed by atoms with Gasteiger partial charge in [0.2, 0.25) is 0 Å². The molecule has 9 heteroatoms. The average molecular weight is 294 g/mol. The molecule has 1 heterocycles. The van der Waals surface area contributed by atoms with Gasteiger partial charge in [0, 0.05) is 12.1 Å². The van der Waals surface area contributed by atoms with E-state index in [9.17, 15) is 23.7 Å². The molecule has 0 aliphatic carbocycles. The van der Waals surface area contributed by atoms with E-state index in [1.807, 2.05) is 0 Å². The highest BCUT2D eigenvalue weighted by atomic mass is 19.1. The van der Waals surface area contributed by atoms with Crippen molar-refractivity contribution < 1.29 is 18.5 Å². The Labute approximate surface area is 116 Å². The summed E-state index contributed by atoms with van der Waals surface area (Å²) in [5.41, 5.74) is 4.29. The van der Waals surface area contributed by atoms with Crippen LogP contribution in [0.15, 0.2) is 30.5 Å². The van der Waals surface area contributed by atoms with Crippen molar-refractivity contribution in [3.05, 3.63) is 57.8 Å². The lowest BCUT2D eigenvalue weighted by molar-refractivity contribution is -0.384. The van der Waals surface area contributed by atoms with Gasteiger partial charge in [-0.15, -0.1) is 0 Å². The van der Waals surface area contributed by atoms with E-state index < -0.39 is 33.8 Å². The second-order valence-corrected chi connectivity index (χ2v) is 3.96. The number of hydrogen-bond donors (Lipinski definition) is 2. The first kappa shape index (κ1) is 14.3. The maximum atomic E-state index is 13.5. The first-order valence-electron chi connectivity index (χ1n) is 5.55. The lowest BCUT2D eigenvalue weighted by Gasteiger charge is -2.07. The summed E-state index contributed by atoms with van der Waals surface area (Å²) >= 11 is 0. The van der Waals surface area contributed by atoms with Gasteiger partial charge in [-0.3, -0.25) is 14.9 Å². The number of nitrogen functional groups attached to an aromatic ring is 1. The van der Waals surface area contributed by atoms with Gasteiger partial charge in [0.15, 0.2) is 0 Å². The van der Waals surface area contributed by atoms with E-state index in [1.54, 1.807) is 0 Å². The van der Waals surface area contributed by atoms with E-state index in [-0.39, 0.29) is 11.4 Å².